The van der Waals surface area contributed by atoms with Crippen molar-refractivity contribution >= 4 is 18.5 Å². The molecule has 0 saturated carbocycles. The maximum Gasteiger partial charge on any atom is 0.113 e. The Balaban J connectivity index is 2.37. The fraction of sp³-hybridized carbons (Fsp3) is 0.400. The number of hydrogen-bond acceptors (Lipinski definition) is 0. The van der Waals surface area contributed by atoms with E-state index in [-0.39, 0.29) is 0 Å². The molecule has 0 atom stereocenters. The van der Waals surface area contributed by atoms with Gasteiger partial charge in [-0.2, -0.15) is 0 Å². The first kappa shape index (κ1) is 10.3. The Kier molecular flexibility index (Phi) is 2.00. The van der Waals surface area contributed by atoms with Crippen molar-refractivity contribution in [2.75, 3.05) is 0 Å². The van der Waals surface area contributed by atoms with Crippen molar-refractivity contribution < 1.29 is 0 Å². The zero-order valence-corrected chi connectivity index (χ0v) is 11.6. The number of fused-ring (bicyclic) bond motifs is 1. The molecule has 1 aromatic rings. The van der Waals surface area contributed by atoms with Gasteiger partial charge in [0.2, 0.25) is 0 Å². The fourth-order valence-electron chi connectivity index (χ4n) is 3.58. The van der Waals surface area contributed by atoms with Crippen molar-refractivity contribution in [1.82, 2.24) is 0 Å². The summed E-state index contributed by atoms with van der Waals surface area (Å²) in [5.74, 6) is 0. The molecule has 1 radical (unpaired) electrons. The van der Waals surface area contributed by atoms with Crippen LogP contribution < -0.4 is 5.19 Å². The van der Waals surface area contributed by atoms with Crippen LogP contribution in [0.15, 0.2) is 17.7 Å². The lowest BCUT2D eigenvalue weighted by molar-refractivity contribution is 1.13. The van der Waals surface area contributed by atoms with Crippen LogP contribution in [0.2, 0.25) is 13.1 Å². The van der Waals surface area contributed by atoms with E-state index in [0.717, 1.165) is 0 Å². The van der Waals surface area contributed by atoms with Crippen LogP contribution >= 0.6 is 0 Å². The van der Waals surface area contributed by atoms with E-state index in [9.17, 15) is 0 Å². The number of hydrogen-bond donors (Lipinski definition) is 0. The molecular formula is C15H19Si. The van der Waals surface area contributed by atoms with Crippen LogP contribution in [-0.2, 0) is 6.42 Å². The van der Waals surface area contributed by atoms with Gasteiger partial charge >= 0.3 is 0 Å². The second kappa shape index (κ2) is 3.10. The van der Waals surface area contributed by atoms with Crippen molar-refractivity contribution in [3.63, 3.8) is 0 Å². The van der Waals surface area contributed by atoms with Crippen molar-refractivity contribution in [2.45, 2.75) is 39.8 Å². The quantitative estimate of drug-likeness (QED) is 0.679. The van der Waals surface area contributed by atoms with E-state index >= 15 is 0 Å². The molecule has 0 amide bonds. The Bertz CT molecular complexity index is 506. The maximum atomic E-state index is 2.52. The van der Waals surface area contributed by atoms with E-state index in [2.05, 4.69) is 45.5 Å². The summed E-state index contributed by atoms with van der Waals surface area (Å²) >= 11 is 0. The van der Waals surface area contributed by atoms with Gasteiger partial charge in [0.25, 0.3) is 0 Å². The molecule has 3 rings (SSSR count). The summed E-state index contributed by atoms with van der Waals surface area (Å²) in [4.78, 5) is 0. The average molecular weight is 227 g/mol. The molecule has 1 heterocycles. The average Bonchev–Trinajstić information content (AvgIpc) is 2.71. The van der Waals surface area contributed by atoms with Gasteiger partial charge in [-0.05, 0) is 34.7 Å². The van der Waals surface area contributed by atoms with E-state index in [1.807, 2.05) is 0 Å². The van der Waals surface area contributed by atoms with Crippen molar-refractivity contribution in [2.24, 2.45) is 0 Å². The van der Waals surface area contributed by atoms with Gasteiger partial charge in [-0.25, -0.2) is 0 Å². The molecule has 0 fully saturated rings. The predicted octanol–water partition coefficient (Wildman–Crippen LogP) is 3.45. The summed E-state index contributed by atoms with van der Waals surface area (Å²) in [6.07, 6.45) is 4.82. The summed E-state index contributed by atoms with van der Waals surface area (Å²) in [6, 6.07) is 4.74. The molecule has 0 N–H and O–H groups in total. The first-order valence-corrected chi connectivity index (χ1v) is 9.36. The third kappa shape index (κ3) is 1.00. The van der Waals surface area contributed by atoms with Gasteiger partial charge in [-0.1, -0.05) is 49.8 Å². The third-order valence-corrected chi connectivity index (χ3v) is 7.92. The first-order chi connectivity index (χ1) is 7.61. The zero-order chi connectivity index (χ0) is 11.5. The summed E-state index contributed by atoms with van der Waals surface area (Å²) in [5.41, 5.74) is 6.40. The molecule has 16 heavy (non-hydrogen) atoms. The SMILES string of the molecule is CCC1=C2c3c(ccc(c3CC)[Si]2(C)C)[CH]1. The smallest absolute Gasteiger partial charge is 0.0620 e. The monoisotopic (exact) mass is 227 g/mol. The molecule has 83 valence electrons. The first-order valence-electron chi connectivity index (χ1n) is 6.36. The summed E-state index contributed by atoms with van der Waals surface area (Å²) < 4.78 is 0. The molecule has 1 aromatic carbocycles. The Morgan fingerprint density at radius 3 is 2.44 bits per heavy atom. The second-order valence-corrected chi connectivity index (χ2v) is 9.72. The van der Waals surface area contributed by atoms with Gasteiger partial charge in [0.15, 0.2) is 0 Å². The number of benzene rings is 1. The van der Waals surface area contributed by atoms with Crippen LogP contribution in [0.5, 0.6) is 0 Å². The van der Waals surface area contributed by atoms with Crippen LogP contribution in [0.3, 0.4) is 0 Å². The largest absolute Gasteiger partial charge is 0.113 e. The van der Waals surface area contributed by atoms with E-state index in [1.54, 1.807) is 27.1 Å². The molecule has 2 aliphatic rings. The lowest BCUT2D eigenvalue weighted by Gasteiger charge is -2.21. The van der Waals surface area contributed by atoms with Gasteiger partial charge in [0.1, 0.15) is 8.07 Å². The molecule has 0 aromatic heterocycles. The Hall–Kier alpha value is -0.823. The van der Waals surface area contributed by atoms with Crippen LogP contribution in [0.25, 0.3) is 5.20 Å². The number of allylic oxidation sites excluding steroid dienone is 1. The Morgan fingerprint density at radius 2 is 1.81 bits per heavy atom. The van der Waals surface area contributed by atoms with E-state index in [4.69, 9.17) is 0 Å². The highest BCUT2D eigenvalue weighted by Crippen LogP contribution is 2.47. The Labute approximate surface area is 99.4 Å². The highest BCUT2D eigenvalue weighted by molar-refractivity contribution is 7.06. The van der Waals surface area contributed by atoms with Crippen molar-refractivity contribution in [3.05, 3.63) is 40.8 Å². The zero-order valence-electron chi connectivity index (χ0n) is 10.6. The molecule has 1 aliphatic carbocycles. The Morgan fingerprint density at radius 1 is 1.06 bits per heavy atom. The minimum absolute atomic E-state index is 1.19. The van der Waals surface area contributed by atoms with Crippen molar-refractivity contribution in [1.29, 1.82) is 0 Å². The van der Waals surface area contributed by atoms with E-state index in [1.165, 1.54) is 18.4 Å². The molecule has 2 bridgehead atoms. The third-order valence-electron chi connectivity index (χ3n) is 4.28. The molecule has 1 aliphatic heterocycles. The van der Waals surface area contributed by atoms with Gasteiger partial charge in [-0.3, -0.25) is 0 Å². The van der Waals surface area contributed by atoms with E-state index in [0.29, 0.717) is 0 Å². The lowest BCUT2D eigenvalue weighted by Crippen LogP contribution is -2.40. The highest BCUT2D eigenvalue weighted by Gasteiger charge is 2.44. The molecule has 0 saturated heterocycles. The minimum atomic E-state index is -1.34. The topological polar surface area (TPSA) is 0 Å². The number of rotatable bonds is 2. The summed E-state index contributed by atoms with van der Waals surface area (Å²) in [7, 11) is -1.34. The van der Waals surface area contributed by atoms with Crippen LogP contribution in [-0.4, -0.2) is 8.07 Å². The van der Waals surface area contributed by atoms with E-state index < -0.39 is 8.07 Å². The summed E-state index contributed by atoms with van der Waals surface area (Å²) in [6.45, 7) is 9.63. The lowest BCUT2D eigenvalue weighted by atomic mass is 10.0. The predicted molar refractivity (Wildman–Crippen MR) is 73.5 cm³/mol. The standard InChI is InChI=1S/C15H19Si/c1-5-10-9-11-7-8-13-12(6-2)14(11)15(10)16(13,3)4/h7-9H,5-6H2,1-4H3. The molecular weight excluding hydrogens is 208 g/mol. The van der Waals surface area contributed by atoms with Crippen molar-refractivity contribution in [3.8, 4) is 0 Å². The fourth-order valence-corrected chi connectivity index (χ4v) is 7.38. The summed E-state index contributed by atoms with van der Waals surface area (Å²) in [5, 5.41) is 3.45. The van der Waals surface area contributed by atoms with Gasteiger partial charge in [-0.15, -0.1) is 0 Å². The van der Waals surface area contributed by atoms with Crippen LogP contribution in [0.4, 0.5) is 0 Å². The molecule has 0 spiro atoms. The molecule has 1 heteroatoms. The molecule has 0 nitrogen and oxygen atoms in total. The minimum Gasteiger partial charge on any atom is -0.0620 e. The maximum absolute atomic E-state index is 2.52. The molecule has 0 unspecified atom stereocenters. The van der Waals surface area contributed by atoms with Crippen LogP contribution in [0.1, 0.15) is 37.0 Å². The highest BCUT2D eigenvalue weighted by atomic mass is 28.3. The van der Waals surface area contributed by atoms with Gasteiger partial charge < -0.3 is 0 Å². The van der Waals surface area contributed by atoms with Gasteiger partial charge in [0, 0.05) is 6.42 Å². The van der Waals surface area contributed by atoms with Crippen LogP contribution in [0, 0.1) is 6.42 Å². The normalized spacial score (nSPS) is 19.8. The second-order valence-electron chi connectivity index (χ2n) is 5.43. The van der Waals surface area contributed by atoms with Gasteiger partial charge in [0.05, 0.1) is 0 Å².